The first-order chi connectivity index (χ1) is 6.88. The third kappa shape index (κ3) is 4.46. The molecular weight excluding hydrogens is 252 g/mol. The smallest absolute Gasteiger partial charge is 0.333 e. The van der Waals surface area contributed by atoms with Crippen LogP contribution >= 0.6 is 0 Å². The highest BCUT2D eigenvalue weighted by molar-refractivity contribution is 6.60. The number of rotatable bonds is 4. The van der Waals surface area contributed by atoms with Gasteiger partial charge in [0.25, 0.3) is 30.0 Å². The summed E-state index contributed by atoms with van der Waals surface area (Å²) in [5.41, 5.74) is 0.159. The van der Waals surface area contributed by atoms with E-state index in [-0.39, 0.29) is 5.73 Å². The van der Waals surface area contributed by atoms with Gasteiger partial charge in [-0.2, -0.15) is 0 Å². The molecule has 0 bridgehead atoms. The van der Waals surface area contributed by atoms with Crippen LogP contribution in [0.15, 0.2) is 0 Å². The third-order valence-electron chi connectivity index (χ3n) is 1.98. The standard InChI is InChI=1S/C5H18O5Si4/c1-3-4-5(6-2)14-9-12-7-11-8-13-10-14/h5,14H,3-4,11-13H2,1-2H3. The van der Waals surface area contributed by atoms with Gasteiger partial charge in [-0.25, -0.2) is 0 Å². The van der Waals surface area contributed by atoms with Crippen LogP contribution in [-0.4, -0.2) is 52.1 Å². The van der Waals surface area contributed by atoms with E-state index in [1.165, 1.54) is 0 Å². The van der Waals surface area contributed by atoms with E-state index in [1.54, 1.807) is 7.11 Å². The molecule has 0 saturated carbocycles. The Morgan fingerprint density at radius 3 is 2.36 bits per heavy atom. The minimum Gasteiger partial charge on any atom is -0.425 e. The van der Waals surface area contributed by atoms with Gasteiger partial charge in [-0.1, -0.05) is 13.3 Å². The lowest BCUT2D eigenvalue weighted by atomic mass is 10.4. The molecule has 84 valence electrons. The van der Waals surface area contributed by atoms with Gasteiger partial charge in [0.15, 0.2) is 0 Å². The van der Waals surface area contributed by atoms with E-state index < -0.39 is 39.3 Å². The third-order valence-corrected chi connectivity index (χ3v) is 9.57. The summed E-state index contributed by atoms with van der Waals surface area (Å²) in [6, 6.07) is 0. The second-order valence-electron chi connectivity index (χ2n) is 3.03. The van der Waals surface area contributed by atoms with Crippen LogP contribution in [0.1, 0.15) is 19.8 Å². The van der Waals surface area contributed by atoms with Gasteiger partial charge in [0.05, 0.1) is 5.73 Å². The van der Waals surface area contributed by atoms with Crippen LogP contribution in [0.4, 0.5) is 0 Å². The Bertz CT molecular complexity index is 142. The van der Waals surface area contributed by atoms with Crippen molar-refractivity contribution in [1.29, 1.82) is 0 Å². The fourth-order valence-electron chi connectivity index (χ4n) is 1.27. The SMILES string of the molecule is CCCC(OC)[SiH]1O[SiH2]O[SiH2]O[SiH2]O1. The van der Waals surface area contributed by atoms with Crippen molar-refractivity contribution in [3.05, 3.63) is 0 Å². The van der Waals surface area contributed by atoms with E-state index in [0.717, 1.165) is 12.8 Å². The fourth-order valence-corrected chi connectivity index (χ4v) is 10.7. The molecule has 0 radical (unpaired) electrons. The average molecular weight is 271 g/mol. The summed E-state index contributed by atoms with van der Waals surface area (Å²) in [7, 11) is -2.40. The Balaban J connectivity index is 2.35. The van der Waals surface area contributed by atoms with E-state index in [0.29, 0.717) is 0 Å². The maximum atomic E-state index is 5.69. The molecule has 0 N–H and O–H groups in total. The van der Waals surface area contributed by atoms with Crippen molar-refractivity contribution in [3.63, 3.8) is 0 Å². The van der Waals surface area contributed by atoms with E-state index in [2.05, 4.69) is 6.92 Å². The molecule has 1 atom stereocenters. The molecule has 1 aliphatic heterocycles. The zero-order valence-electron chi connectivity index (χ0n) is 8.73. The normalized spacial score (nSPS) is 31.7. The molecule has 1 aliphatic rings. The quantitative estimate of drug-likeness (QED) is 0.535. The van der Waals surface area contributed by atoms with E-state index in [4.69, 9.17) is 21.2 Å². The molecule has 0 aliphatic carbocycles. The van der Waals surface area contributed by atoms with Crippen LogP contribution in [0.5, 0.6) is 0 Å². The second-order valence-corrected chi connectivity index (χ2v) is 11.1. The Hall–Kier alpha value is 0.668. The molecule has 14 heavy (non-hydrogen) atoms. The van der Waals surface area contributed by atoms with Crippen molar-refractivity contribution in [1.82, 2.24) is 0 Å². The summed E-state index contributed by atoms with van der Waals surface area (Å²) in [4.78, 5) is 0. The Morgan fingerprint density at radius 1 is 1.21 bits per heavy atom. The lowest BCUT2D eigenvalue weighted by Crippen LogP contribution is -2.43. The van der Waals surface area contributed by atoms with Gasteiger partial charge in [-0.05, 0) is 6.42 Å². The Kier molecular flexibility index (Phi) is 7.18. The zero-order valence-corrected chi connectivity index (χ0v) is 14.1. The summed E-state index contributed by atoms with van der Waals surface area (Å²) in [6.07, 6.45) is 2.10. The largest absolute Gasteiger partial charge is 0.425 e. The molecule has 1 heterocycles. The molecule has 1 saturated heterocycles. The molecular formula is C5H18O5Si4. The minimum atomic E-state index is -1.66. The Labute approximate surface area is 93.4 Å². The van der Waals surface area contributed by atoms with Crippen molar-refractivity contribution in [3.8, 4) is 0 Å². The molecule has 1 unspecified atom stereocenters. The van der Waals surface area contributed by atoms with Crippen molar-refractivity contribution < 1.29 is 21.2 Å². The molecule has 1 rings (SSSR count). The molecule has 0 aromatic rings. The Morgan fingerprint density at radius 2 is 1.86 bits per heavy atom. The molecule has 0 aromatic carbocycles. The highest BCUT2D eigenvalue weighted by atomic mass is 28.4. The van der Waals surface area contributed by atoms with Crippen LogP contribution in [0.2, 0.25) is 0 Å². The summed E-state index contributed by atoms with van der Waals surface area (Å²) < 4.78 is 27.4. The van der Waals surface area contributed by atoms with Crippen LogP contribution < -0.4 is 0 Å². The molecule has 0 amide bonds. The molecule has 9 heteroatoms. The van der Waals surface area contributed by atoms with Crippen molar-refractivity contribution in [2.24, 2.45) is 0 Å². The van der Waals surface area contributed by atoms with Gasteiger partial charge in [-0.3, -0.25) is 0 Å². The summed E-state index contributed by atoms with van der Waals surface area (Å²) >= 11 is 0. The summed E-state index contributed by atoms with van der Waals surface area (Å²) in [6.45, 7) is 2.14. The summed E-state index contributed by atoms with van der Waals surface area (Å²) in [5.74, 6) is 0. The predicted octanol–water partition coefficient (Wildman–Crippen LogP) is -2.36. The number of hydrogen-bond donors (Lipinski definition) is 0. The van der Waals surface area contributed by atoms with Gasteiger partial charge in [0, 0.05) is 7.11 Å². The average Bonchev–Trinajstić information content (AvgIpc) is 2.15. The van der Waals surface area contributed by atoms with E-state index >= 15 is 0 Å². The van der Waals surface area contributed by atoms with E-state index in [9.17, 15) is 0 Å². The predicted molar refractivity (Wildman–Crippen MR) is 62.8 cm³/mol. The van der Waals surface area contributed by atoms with Crippen LogP contribution in [0.3, 0.4) is 0 Å². The number of methoxy groups -OCH3 is 1. The fraction of sp³-hybridized carbons (Fsp3) is 1.00. The van der Waals surface area contributed by atoms with Crippen LogP contribution in [0.25, 0.3) is 0 Å². The maximum Gasteiger partial charge on any atom is 0.333 e. The van der Waals surface area contributed by atoms with Gasteiger partial charge in [0.2, 0.25) is 0 Å². The number of ether oxygens (including phenoxy) is 1. The lowest BCUT2D eigenvalue weighted by Gasteiger charge is -2.26. The van der Waals surface area contributed by atoms with E-state index in [1.807, 2.05) is 0 Å². The highest BCUT2D eigenvalue weighted by Crippen LogP contribution is 2.08. The van der Waals surface area contributed by atoms with Crippen LogP contribution in [0, 0.1) is 0 Å². The first-order valence-electron chi connectivity index (χ1n) is 4.80. The van der Waals surface area contributed by atoms with Crippen molar-refractivity contribution in [2.45, 2.75) is 25.5 Å². The molecule has 0 spiro atoms. The zero-order chi connectivity index (χ0) is 10.2. The topological polar surface area (TPSA) is 46.2 Å². The second kappa shape index (κ2) is 7.89. The number of hydrogen-bond acceptors (Lipinski definition) is 5. The van der Waals surface area contributed by atoms with Gasteiger partial charge < -0.3 is 21.2 Å². The van der Waals surface area contributed by atoms with Crippen LogP contribution in [-0.2, 0) is 21.2 Å². The first-order valence-corrected chi connectivity index (χ1v) is 9.87. The summed E-state index contributed by atoms with van der Waals surface area (Å²) in [5, 5.41) is 0. The highest BCUT2D eigenvalue weighted by Gasteiger charge is 2.26. The van der Waals surface area contributed by atoms with Gasteiger partial charge in [0.1, 0.15) is 0 Å². The molecule has 0 aromatic heterocycles. The molecule has 1 fully saturated rings. The van der Waals surface area contributed by atoms with Gasteiger partial charge >= 0.3 is 9.28 Å². The first kappa shape index (κ1) is 12.7. The van der Waals surface area contributed by atoms with Crippen molar-refractivity contribution in [2.75, 3.05) is 7.11 Å². The maximum absolute atomic E-state index is 5.69. The minimum absolute atomic E-state index is 0.159. The monoisotopic (exact) mass is 270 g/mol. The van der Waals surface area contributed by atoms with Gasteiger partial charge in [-0.15, -0.1) is 0 Å². The van der Waals surface area contributed by atoms with Crippen molar-refractivity contribution >= 4 is 39.3 Å². The molecule has 5 nitrogen and oxygen atoms in total. The lowest BCUT2D eigenvalue weighted by molar-refractivity contribution is 0.124.